The number of carbonyl (C=O) groups is 1. The zero-order valence-corrected chi connectivity index (χ0v) is 11.9. The number of nitrogens with zero attached hydrogens (tertiary/aromatic N) is 2. The SMILES string of the molecule is COc1ccc(Cl)cc1C(=O)Nc1nnc(C(F)(F)F)s1. The van der Waals surface area contributed by atoms with Gasteiger partial charge in [0.2, 0.25) is 10.1 Å². The van der Waals surface area contributed by atoms with Crippen molar-refractivity contribution in [2.45, 2.75) is 6.18 Å². The van der Waals surface area contributed by atoms with Gasteiger partial charge in [-0.15, -0.1) is 10.2 Å². The number of halogens is 4. The molecule has 0 aliphatic rings. The Labute approximate surface area is 125 Å². The van der Waals surface area contributed by atoms with Crippen LogP contribution in [-0.4, -0.2) is 23.2 Å². The summed E-state index contributed by atoms with van der Waals surface area (Å²) in [6, 6.07) is 4.32. The maximum absolute atomic E-state index is 12.4. The number of hydrogen-bond acceptors (Lipinski definition) is 5. The normalized spacial score (nSPS) is 11.3. The van der Waals surface area contributed by atoms with Crippen molar-refractivity contribution in [1.82, 2.24) is 10.2 Å². The van der Waals surface area contributed by atoms with Gasteiger partial charge in [0.15, 0.2) is 0 Å². The van der Waals surface area contributed by atoms with Gasteiger partial charge in [-0.1, -0.05) is 22.9 Å². The minimum atomic E-state index is -4.60. The van der Waals surface area contributed by atoms with Crippen molar-refractivity contribution < 1.29 is 22.7 Å². The predicted octanol–water partition coefficient (Wildman–Crippen LogP) is 3.47. The van der Waals surface area contributed by atoms with Gasteiger partial charge >= 0.3 is 6.18 Å². The van der Waals surface area contributed by atoms with Crippen LogP contribution >= 0.6 is 22.9 Å². The van der Waals surface area contributed by atoms with Gasteiger partial charge in [-0.25, -0.2) is 0 Å². The van der Waals surface area contributed by atoms with E-state index in [0.29, 0.717) is 0 Å². The van der Waals surface area contributed by atoms with Crippen LogP contribution in [0.3, 0.4) is 0 Å². The molecule has 112 valence electrons. The van der Waals surface area contributed by atoms with Crippen LogP contribution in [0.15, 0.2) is 18.2 Å². The van der Waals surface area contributed by atoms with E-state index in [-0.39, 0.29) is 32.8 Å². The Hall–Kier alpha value is -1.87. The average molecular weight is 338 g/mol. The lowest BCUT2D eigenvalue weighted by atomic mass is 10.2. The van der Waals surface area contributed by atoms with Gasteiger partial charge in [0.1, 0.15) is 5.75 Å². The minimum absolute atomic E-state index is 0.0776. The minimum Gasteiger partial charge on any atom is -0.496 e. The molecule has 0 bridgehead atoms. The van der Waals surface area contributed by atoms with Crippen LogP contribution in [0.4, 0.5) is 18.3 Å². The molecule has 1 N–H and O–H groups in total. The van der Waals surface area contributed by atoms with Crippen molar-refractivity contribution in [2.75, 3.05) is 12.4 Å². The van der Waals surface area contributed by atoms with Crippen molar-refractivity contribution in [3.8, 4) is 5.75 Å². The quantitative estimate of drug-likeness (QED) is 0.931. The summed E-state index contributed by atoms with van der Waals surface area (Å²) in [6.07, 6.45) is -4.60. The monoisotopic (exact) mass is 337 g/mol. The number of ether oxygens (including phenoxy) is 1. The first-order chi connectivity index (χ1) is 9.81. The molecule has 10 heteroatoms. The Morgan fingerprint density at radius 1 is 1.38 bits per heavy atom. The fraction of sp³-hybridized carbons (Fsp3) is 0.182. The van der Waals surface area contributed by atoms with E-state index in [0.717, 1.165) is 0 Å². The number of amides is 1. The van der Waals surface area contributed by atoms with Crippen LogP contribution in [0.25, 0.3) is 0 Å². The first kappa shape index (κ1) is 15.5. The van der Waals surface area contributed by atoms with E-state index >= 15 is 0 Å². The standard InChI is InChI=1S/C11H7ClF3N3O2S/c1-20-7-3-2-5(12)4-6(7)8(19)16-10-18-17-9(21-10)11(13,14)15/h2-4H,1H3,(H,16,18,19). The highest BCUT2D eigenvalue weighted by Crippen LogP contribution is 2.33. The first-order valence-electron chi connectivity index (χ1n) is 5.37. The van der Waals surface area contributed by atoms with E-state index < -0.39 is 17.1 Å². The number of nitrogens with one attached hydrogen (secondary N) is 1. The molecule has 0 atom stereocenters. The summed E-state index contributed by atoms with van der Waals surface area (Å²) in [4.78, 5) is 12.0. The highest BCUT2D eigenvalue weighted by atomic mass is 35.5. The van der Waals surface area contributed by atoms with Gasteiger partial charge < -0.3 is 4.74 Å². The van der Waals surface area contributed by atoms with Crippen LogP contribution in [0.1, 0.15) is 15.4 Å². The molecule has 1 aromatic carbocycles. The lowest BCUT2D eigenvalue weighted by Crippen LogP contribution is -2.13. The topological polar surface area (TPSA) is 64.1 Å². The summed E-state index contributed by atoms with van der Waals surface area (Å²) in [7, 11) is 1.35. The summed E-state index contributed by atoms with van der Waals surface area (Å²) in [5.74, 6) is -0.461. The van der Waals surface area contributed by atoms with Gasteiger partial charge in [0.25, 0.3) is 5.91 Å². The summed E-state index contributed by atoms with van der Waals surface area (Å²) in [6.45, 7) is 0. The number of aromatic nitrogens is 2. The molecule has 1 aromatic heterocycles. The molecule has 0 fully saturated rings. The fourth-order valence-corrected chi connectivity index (χ4v) is 2.19. The van der Waals surface area contributed by atoms with Crippen molar-refractivity contribution in [3.05, 3.63) is 33.8 Å². The molecular formula is C11H7ClF3N3O2S. The summed E-state index contributed by atoms with van der Waals surface area (Å²) >= 11 is 6.00. The number of benzene rings is 1. The molecule has 2 aromatic rings. The molecule has 0 unspecified atom stereocenters. The maximum Gasteiger partial charge on any atom is 0.445 e. The van der Waals surface area contributed by atoms with Crippen LogP contribution in [0, 0.1) is 0 Å². The van der Waals surface area contributed by atoms with Crippen LogP contribution in [0.5, 0.6) is 5.75 Å². The Kier molecular flexibility index (Phi) is 4.33. The number of rotatable bonds is 3. The number of anilines is 1. The van der Waals surface area contributed by atoms with E-state index in [4.69, 9.17) is 16.3 Å². The predicted molar refractivity (Wildman–Crippen MR) is 70.9 cm³/mol. The second kappa shape index (κ2) is 5.86. The molecular weight excluding hydrogens is 331 g/mol. The molecule has 0 radical (unpaired) electrons. The molecule has 0 aliphatic carbocycles. The third-order valence-corrected chi connectivity index (χ3v) is 3.41. The van der Waals surface area contributed by atoms with Crippen molar-refractivity contribution in [2.24, 2.45) is 0 Å². The summed E-state index contributed by atoms with van der Waals surface area (Å²) < 4.78 is 42.2. The Morgan fingerprint density at radius 3 is 2.67 bits per heavy atom. The first-order valence-corrected chi connectivity index (χ1v) is 6.56. The molecule has 0 saturated carbocycles. The Bertz CT molecular complexity index is 675. The van der Waals surface area contributed by atoms with Gasteiger partial charge in [-0.05, 0) is 18.2 Å². The van der Waals surface area contributed by atoms with Crippen molar-refractivity contribution in [3.63, 3.8) is 0 Å². The molecule has 0 saturated heterocycles. The third kappa shape index (κ3) is 3.61. The van der Waals surface area contributed by atoms with Crippen molar-refractivity contribution in [1.29, 1.82) is 0 Å². The van der Waals surface area contributed by atoms with E-state index in [9.17, 15) is 18.0 Å². The molecule has 0 aliphatic heterocycles. The van der Waals surface area contributed by atoms with E-state index in [1.807, 2.05) is 0 Å². The smallest absolute Gasteiger partial charge is 0.445 e. The molecule has 5 nitrogen and oxygen atoms in total. The van der Waals surface area contributed by atoms with Crippen LogP contribution < -0.4 is 10.1 Å². The van der Waals surface area contributed by atoms with E-state index in [1.165, 1.54) is 25.3 Å². The fourth-order valence-electron chi connectivity index (χ4n) is 1.41. The third-order valence-electron chi connectivity index (χ3n) is 2.29. The van der Waals surface area contributed by atoms with E-state index in [1.54, 1.807) is 0 Å². The maximum atomic E-state index is 12.4. The van der Waals surface area contributed by atoms with Gasteiger partial charge in [-0.2, -0.15) is 13.2 Å². The second-order valence-corrected chi connectivity index (χ2v) is 5.12. The number of hydrogen-bond donors (Lipinski definition) is 1. The second-order valence-electron chi connectivity index (χ2n) is 3.71. The number of carbonyl (C=O) groups excluding carboxylic acids is 1. The zero-order chi connectivity index (χ0) is 15.6. The van der Waals surface area contributed by atoms with Crippen LogP contribution in [0.2, 0.25) is 5.02 Å². The summed E-state index contributed by atoms with van der Waals surface area (Å²) in [5, 5.41) is 7.33. The molecule has 21 heavy (non-hydrogen) atoms. The average Bonchev–Trinajstić information content (AvgIpc) is 2.87. The van der Waals surface area contributed by atoms with Crippen molar-refractivity contribution >= 4 is 34.0 Å². The lowest BCUT2D eigenvalue weighted by molar-refractivity contribution is -0.138. The highest BCUT2D eigenvalue weighted by molar-refractivity contribution is 7.15. The largest absolute Gasteiger partial charge is 0.496 e. The Balaban J connectivity index is 2.22. The van der Waals surface area contributed by atoms with Gasteiger partial charge in [0.05, 0.1) is 12.7 Å². The summed E-state index contributed by atoms with van der Waals surface area (Å²) in [5.41, 5.74) is 0.0776. The molecule has 1 amide bonds. The van der Waals surface area contributed by atoms with E-state index in [2.05, 4.69) is 15.5 Å². The van der Waals surface area contributed by atoms with Gasteiger partial charge in [-0.3, -0.25) is 10.1 Å². The highest BCUT2D eigenvalue weighted by Gasteiger charge is 2.35. The lowest BCUT2D eigenvalue weighted by Gasteiger charge is -2.07. The molecule has 0 spiro atoms. The molecule has 2 rings (SSSR count). The Morgan fingerprint density at radius 2 is 2.10 bits per heavy atom. The molecule has 1 heterocycles. The number of methoxy groups -OCH3 is 1. The number of alkyl halides is 3. The van der Waals surface area contributed by atoms with Crippen LogP contribution in [-0.2, 0) is 6.18 Å². The zero-order valence-electron chi connectivity index (χ0n) is 10.4. The van der Waals surface area contributed by atoms with Gasteiger partial charge in [0, 0.05) is 5.02 Å².